The molecule has 112 valence electrons. The van der Waals surface area contributed by atoms with E-state index in [0.29, 0.717) is 17.0 Å². The minimum atomic E-state index is -0.278. The fraction of sp³-hybridized carbons (Fsp3) is 0. The van der Waals surface area contributed by atoms with Crippen LogP contribution in [0, 0.1) is 5.82 Å². The summed E-state index contributed by atoms with van der Waals surface area (Å²) in [6, 6.07) is 15.9. The monoisotopic (exact) mass is 305 g/mol. The summed E-state index contributed by atoms with van der Waals surface area (Å²) in [5, 5.41) is 0. The van der Waals surface area contributed by atoms with Gasteiger partial charge in [0.05, 0.1) is 6.26 Å². The van der Waals surface area contributed by atoms with Crippen LogP contribution in [-0.4, -0.2) is 4.98 Å². The standard InChI is InChI=1S/C19H12FNO2/c20-15-5-2-1-4-13(15)8-10-19-21-16-9-7-14(12-18(16)23-19)17-6-3-11-22-17/h1-12H/b10-8+. The summed E-state index contributed by atoms with van der Waals surface area (Å²) in [7, 11) is 0. The number of halogens is 1. The van der Waals surface area contributed by atoms with E-state index in [1.165, 1.54) is 6.07 Å². The van der Waals surface area contributed by atoms with E-state index in [-0.39, 0.29) is 5.82 Å². The normalized spacial score (nSPS) is 11.5. The number of fused-ring (bicyclic) bond motifs is 1. The van der Waals surface area contributed by atoms with Gasteiger partial charge in [-0.3, -0.25) is 0 Å². The molecule has 23 heavy (non-hydrogen) atoms. The molecule has 2 aromatic carbocycles. The van der Waals surface area contributed by atoms with E-state index in [1.807, 2.05) is 30.3 Å². The van der Waals surface area contributed by atoms with Crippen LogP contribution < -0.4 is 0 Å². The Hall–Kier alpha value is -3.14. The molecule has 0 aliphatic rings. The highest BCUT2D eigenvalue weighted by atomic mass is 19.1. The number of rotatable bonds is 3. The summed E-state index contributed by atoms with van der Waals surface area (Å²) < 4.78 is 24.7. The molecule has 0 saturated heterocycles. The molecule has 0 aliphatic heterocycles. The van der Waals surface area contributed by atoms with Gasteiger partial charge >= 0.3 is 0 Å². The van der Waals surface area contributed by atoms with Crippen LogP contribution in [-0.2, 0) is 0 Å². The fourth-order valence-corrected chi connectivity index (χ4v) is 2.38. The Balaban J connectivity index is 1.68. The van der Waals surface area contributed by atoms with E-state index in [2.05, 4.69) is 4.98 Å². The Morgan fingerprint density at radius 2 is 1.87 bits per heavy atom. The minimum Gasteiger partial charge on any atom is -0.464 e. The van der Waals surface area contributed by atoms with Crippen LogP contribution in [0.4, 0.5) is 4.39 Å². The van der Waals surface area contributed by atoms with Gasteiger partial charge in [0.15, 0.2) is 5.58 Å². The van der Waals surface area contributed by atoms with Crippen molar-refractivity contribution in [1.29, 1.82) is 0 Å². The van der Waals surface area contributed by atoms with E-state index in [9.17, 15) is 4.39 Å². The maximum absolute atomic E-state index is 13.6. The fourth-order valence-electron chi connectivity index (χ4n) is 2.38. The summed E-state index contributed by atoms with van der Waals surface area (Å²) in [5.74, 6) is 0.923. The molecular weight excluding hydrogens is 293 g/mol. The summed E-state index contributed by atoms with van der Waals surface area (Å²) >= 11 is 0. The van der Waals surface area contributed by atoms with Gasteiger partial charge in [-0.15, -0.1) is 0 Å². The summed E-state index contributed by atoms with van der Waals surface area (Å²) in [4.78, 5) is 4.37. The number of benzene rings is 2. The van der Waals surface area contributed by atoms with Gasteiger partial charge in [0.1, 0.15) is 17.1 Å². The first-order chi connectivity index (χ1) is 11.3. The molecule has 0 bridgehead atoms. The predicted octanol–water partition coefficient (Wildman–Crippen LogP) is 5.40. The largest absolute Gasteiger partial charge is 0.464 e. The second-order valence-corrected chi connectivity index (χ2v) is 5.07. The van der Waals surface area contributed by atoms with Crippen molar-refractivity contribution in [1.82, 2.24) is 4.98 Å². The molecule has 0 aliphatic carbocycles. The summed E-state index contributed by atoms with van der Waals surface area (Å²) in [5.41, 5.74) is 2.81. The maximum Gasteiger partial charge on any atom is 0.220 e. The average molecular weight is 305 g/mol. The van der Waals surface area contributed by atoms with Gasteiger partial charge in [0.25, 0.3) is 0 Å². The zero-order valence-corrected chi connectivity index (χ0v) is 12.1. The first-order valence-corrected chi connectivity index (χ1v) is 7.17. The van der Waals surface area contributed by atoms with Crippen LogP contribution in [0.25, 0.3) is 34.6 Å². The molecule has 4 aromatic rings. The van der Waals surface area contributed by atoms with Crippen LogP contribution in [0.5, 0.6) is 0 Å². The van der Waals surface area contributed by atoms with Crippen molar-refractivity contribution in [3.8, 4) is 11.3 Å². The molecule has 0 spiro atoms. The molecular formula is C19H12FNO2. The van der Waals surface area contributed by atoms with Crippen LogP contribution in [0.1, 0.15) is 11.5 Å². The number of nitrogens with zero attached hydrogens (tertiary/aromatic N) is 1. The highest BCUT2D eigenvalue weighted by molar-refractivity contribution is 5.80. The van der Waals surface area contributed by atoms with Crippen molar-refractivity contribution >= 4 is 23.3 Å². The average Bonchev–Trinajstić information content (AvgIpc) is 3.22. The molecule has 0 saturated carbocycles. The number of aromatic nitrogens is 1. The van der Waals surface area contributed by atoms with E-state index in [0.717, 1.165) is 16.8 Å². The zero-order chi connectivity index (χ0) is 15.6. The Labute approximate surface area is 131 Å². The number of hydrogen-bond donors (Lipinski definition) is 0. The van der Waals surface area contributed by atoms with Crippen molar-refractivity contribution in [2.24, 2.45) is 0 Å². The van der Waals surface area contributed by atoms with Crippen molar-refractivity contribution in [2.45, 2.75) is 0 Å². The highest BCUT2D eigenvalue weighted by Gasteiger charge is 2.07. The minimum absolute atomic E-state index is 0.278. The van der Waals surface area contributed by atoms with Crippen LogP contribution in [0.15, 0.2) is 69.7 Å². The lowest BCUT2D eigenvalue weighted by atomic mass is 10.1. The van der Waals surface area contributed by atoms with Crippen molar-refractivity contribution in [3.05, 3.63) is 78.1 Å². The first kappa shape index (κ1) is 13.5. The van der Waals surface area contributed by atoms with Crippen molar-refractivity contribution in [3.63, 3.8) is 0 Å². The third-order valence-corrected chi connectivity index (χ3v) is 3.52. The second kappa shape index (κ2) is 5.57. The Morgan fingerprint density at radius 3 is 2.70 bits per heavy atom. The third-order valence-electron chi connectivity index (χ3n) is 3.52. The van der Waals surface area contributed by atoms with E-state index in [1.54, 1.807) is 36.6 Å². The SMILES string of the molecule is Fc1ccccc1/C=C/c1nc2ccc(-c3ccco3)cc2o1. The lowest BCUT2D eigenvalue weighted by Crippen LogP contribution is -1.79. The van der Waals surface area contributed by atoms with E-state index in [4.69, 9.17) is 8.83 Å². The van der Waals surface area contributed by atoms with Gasteiger partial charge in [-0.25, -0.2) is 9.37 Å². The van der Waals surface area contributed by atoms with E-state index >= 15 is 0 Å². The molecule has 2 aromatic heterocycles. The summed E-state index contributed by atoms with van der Waals surface area (Å²) in [6.07, 6.45) is 4.93. The smallest absolute Gasteiger partial charge is 0.220 e. The Kier molecular flexibility index (Phi) is 3.27. The third kappa shape index (κ3) is 2.66. The Bertz CT molecular complexity index is 984. The van der Waals surface area contributed by atoms with Gasteiger partial charge in [-0.05, 0) is 42.5 Å². The zero-order valence-electron chi connectivity index (χ0n) is 12.1. The van der Waals surface area contributed by atoms with Gasteiger partial charge < -0.3 is 8.83 Å². The quantitative estimate of drug-likeness (QED) is 0.509. The van der Waals surface area contributed by atoms with Gasteiger partial charge in [-0.1, -0.05) is 18.2 Å². The van der Waals surface area contributed by atoms with Gasteiger partial charge in [0, 0.05) is 17.2 Å². The maximum atomic E-state index is 13.6. The molecule has 0 radical (unpaired) electrons. The lowest BCUT2D eigenvalue weighted by Gasteiger charge is -1.94. The molecule has 0 unspecified atom stereocenters. The second-order valence-electron chi connectivity index (χ2n) is 5.07. The van der Waals surface area contributed by atoms with E-state index < -0.39 is 0 Å². The van der Waals surface area contributed by atoms with Gasteiger partial charge in [-0.2, -0.15) is 0 Å². The predicted molar refractivity (Wildman–Crippen MR) is 87.0 cm³/mol. The molecule has 0 N–H and O–H groups in total. The van der Waals surface area contributed by atoms with Crippen LogP contribution in [0.3, 0.4) is 0 Å². The first-order valence-electron chi connectivity index (χ1n) is 7.17. The van der Waals surface area contributed by atoms with Crippen LogP contribution in [0.2, 0.25) is 0 Å². The highest BCUT2D eigenvalue weighted by Crippen LogP contribution is 2.25. The number of oxazole rings is 1. The lowest BCUT2D eigenvalue weighted by molar-refractivity contribution is 0.579. The topological polar surface area (TPSA) is 39.2 Å². The number of furan rings is 1. The molecule has 4 heteroatoms. The number of hydrogen-bond acceptors (Lipinski definition) is 3. The molecule has 3 nitrogen and oxygen atoms in total. The van der Waals surface area contributed by atoms with Crippen molar-refractivity contribution < 1.29 is 13.2 Å². The molecule has 2 heterocycles. The molecule has 4 rings (SSSR count). The molecule has 0 amide bonds. The molecule has 0 atom stereocenters. The summed E-state index contributed by atoms with van der Waals surface area (Å²) in [6.45, 7) is 0. The van der Waals surface area contributed by atoms with Crippen LogP contribution >= 0.6 is 0 Å². The molecule has 0 fully saturated rings. The Morgan fingerprint density at radius 1 is 0.957 bits per heavy atom. The van der Waals surface area contributed by atoms with Crippen molar-refractivity contribution in [2.75, 3.05) is 0 Å². The van der Waals surface area contributed by atoms with Gasteiger partial charge in [0.2, 0.25) is 5.89 Å².